The lowest BCUT2D eigenvalue weighted by Gasteiger charge is -2.34. The van der Waals surface area contributed by atoms with E-state index in [-0.39, 0.29) is 0 Å². The highest BCUT2D eigenvalue weighted by Gasteiger charge is 2.27. The molecule has 2 radical (unpaired) electrons. The van der Waals surface area contributed by atoms with Crippen molar-refractivity contribution in [1.82, 2.24) is 0 Å². The Hall–Kier alpha value is 0. The molecule has 10 heavy (non-hydrogen) atoms. The highest BCUT2D eigenvalue weighted by atomic mass is 14.3. The van der Waals surface area contributed by atoms with Gasteiger partial charge in [-0.25, -0.2) is 0 Å². The maximum absolute atomic E-state index is 2.48. The molecule has 0 aliphatic heterocycles. The van der Waals surface area contributed by atoms with Gasteiger partial charge in [-0.3, -0.25) is 0 Å². The summed E-state index contributed by atoms with van der Waals surface area (Å²) >= 11 is 0. The third-order valence-corrected chi connectivity index (χ3v) is 2.87. The summed E-state index contributed by atoms with van der Waals surface area (Å²) in [6, 6.07) is 0. The van der Waals surface area contributed by atoms with Gasteiger partial charge in [0.2, 0.25) is 0 Å². The van der Waals surface area contributed by atoms with E-state index in [0.29, 0.717) is 0 Å². The molecule has 4 atom stereocenters. The molecule has 1 fully saturated rings. The standard InChI is InChI=1S/C10H18/c1-7-5-9(3)10(4)6-8(7)2/h5-10H,1-4H3. The Balaban J connectivity index is 2.46. The molecule has 0 aromatic carbocycles. The van der Waals surface area contributed by atoms with Gasteiger partial charge in [0.05, 0.1) is 0 Å². The predicted octanol–water partition coefficient (Wildman–Crippen LogP) is 2.95. The molecule has 0 aromatic heterocycles. The van der Waals surface area contributed by atoms with Crippen molar-refractivity contribution in [1.29, 1.82) is 0 Å². The summed E-state index contributed by atoms with van der Waals surface area (Å²) in [7, 11) is 0. The molecule has 1 saturated carbocycles. The van der Waals surface area contributed by atoms with Crippen molar-refractivity contribution in [2.75, 3.05) is 0 Å². The van der Waals surface area contributed by atoms with E-state index in [2.05, 4.69) is 40.5 Å². The lowest BCUT2D eigenvalue weighted by molar-refractivity contribution is 0.301. The van der Waals surface area contributed by atoms with Gasteiger partial charge >= 0.3 is 0 Å². The molecule has 0 heterocycles. The van der Waals surface area contributed by atoms with Gasteiger partial charge < -0.3 is 0 Å². The van der Waals surface area contributed by atoms with Gasteiger partial charge in [-0.2, -0.15) is 0 Å². The summed E-state index contributed by atoms with van der Waals surface area (Å²) in [6.45, 7) is 9.24. The smallest absolute Gasteiger partial charge is 0.0324 e. The van der Waals surface area contributed by atoms with Gasteiger partial charge in [-0.05, 0) is 36.5 Å². The second-order valence-corrected chi connectivity index (χ2v) is 3.82. The van der Waals surface area contributed by atoms with E-state index in [1.165, 1.54) is 0 Å². The minimum absolute atomic E-state index is 0.784. The van der Waals surface area contributed by atoms with Crippen LogP contribution in [0, 0.1) is 36.5 Å². The Morgan fingerprint density at radius 3 is 1.00 bits per heavy atom. The fourth-order valence-corrected chi connectivity index (χ4v) is 1.66. The Kier molecular flexibility index (Phi) is 2.38. The highest BCUT2D eigenvalue weighted by Crippen LogP contribution is 2.35. The SMILES string of the molecule is CC1[CH]C(C)C(C)[CH]C1C. The minimum atomic E-state index is 0.784. The maximum Gasteiger partial charge on any atom is -0.0324 e. The monoisotopic (exact) mass is 138 g/mol. The Morgan fingerprint density at radius 2 is 0.800 bits per heavy atom. The number of rotatable bonds is 0. The molecule has 0 amide bonds. The van der Waals surface area contributed by atoms with E-state index in [9.17, 15) is 0 Å². The zero-order valence-electron chi connectivity index (χ0n) is 7.46. The number of hydrogen-bond acceptors (Lipinski definition) is 0. The van der Waals surface area contributed by atoms with E-state index in [1.807, 2.05) is 0 Å². The van der Waals surface area contributed by atoms with Crippen molar-refractivity contribution in [2.45, 2.75) is 27.7 Å². The predicted molar refractivity (Wildman–Crippen MR) is 45.3 cm³/mol. The quantitative estimate of drug-likeness (QED) is 0.483. The normalized spacial score (nSPS) is 49.2. The molecule has 58 valence electrons. The van der Waals surface area contributed by atoms with Crippen LogP contribution in [0.3, 0.4) is 0 Å². The molecule has 1 rings (SSSR count). The number of hydrogen-bond donors (Lipinski definition) is 0. The lowest BCUT2D eigenvalue weighted by atomic mass is 9.71. The molecule has 0 nitrogen and oxygen atoms in total. The zero-order valence-corrected chi connectivity index (χ0v) is 7.46. The summed E-state index contributed by atoms with van der Waals surface area (Å²) in [5.74, 6) is 3.13. The van der Waals surface area contributed by atoms with Crippen molar-refractivity contribution >= 4 is 0 Å². The molecule has 0 heteroatoms. The van der Waals surface area contributed by atoms with Crippen molar-refractivity contribution < 1.29 is 0 Å². The van der Waals surface area contributed by atoms with Gasteiger partial charge in [-0.1, -0.05) is 27.7 Å². The van der Waals surface area contributed by atoms with Gasteiger partial charge in [-0.15, -0.1) is 0 Å². The fraction of sp³-hybridized carbons (Fsp3) is 0.800. The van der Waals surface area contributed by atoms with Crippen LogP contribution in [0.15, 0.2) is 0 Å². The average molecular weight is 138 g/mol. The molecule has 0 spiro atoms. The van der Waals surface area contributed by atoms with Gasteiger partial charge in [0.15, 0.2) is 0 Å². The van der Waals surface area contributed by atoms with Crippen molar-refractivity contribution in [3.05, 3.63) is 12.8 Å². The molecule has 1 aliphatic rings. The molecular weight excluding hydrogens is 120 g/mol. The Bertz CT molecular complexity index is 80.6. The Morgan fingerprint density at radius 1 is 0.600 bits per heavy atom. The summed E-state index contributed by atoms with van der Waals surface area (Å²) in [4.78, 5) is 0. The zero-order chi connectivity index (χ0) is 7.72. The third-order valence-electron chi connectivity index (χ3n) is 2.87. The molecule has 4 unspecified atom stereocenters. The van der Waals surface area contributed by atoms with Crippen LogP contribution >= 0.6 is 0 Å². The summed E-state index contributed by atoms with van der Waals surface area (Å²) in [5, 5.41) is 0. The summed E-state index contributed by atoms with van der Waals surface area (Å²) < 4.78 is 0. The molecule has 0 N–H and O–H groups in total. The first kappa shape index (κ1) is 8.10. The first-order chi connectivity index (χ1) is 4.61. The summed E-state index contributed by atoms with van der Waals surface area (Å²) in [6.07, 6.45) is 4.96. The van der Waals surface area contributed by atoms with Gasteiger partial charge in [0.25, 0.3) is 0 Å². The van der Waals surface area contributed by atoms with Gasteiger partial charge in [0.1, 0.15) is 0 Å². The van der Waals surface area contributed by atoms with E-state index < -0.39 is 0 Å². The third kappa shape index (κ3) is 1.53. The Labute approximate surface area is 65.0 Å². The molecule has 0 bridgehead atoms. The van der Waals surface area contributed by atoms with Crippen molar-refractivity contribution in [3.63, 3.8) is 0 Å². The van der Waals surface area contributed by atoms with E-state index in [1.54, 1.807) is 0 Å². The second kappa shape index (κ2) is 2.94. The van der Waals surface area contributed by atoms with Crippen LogP contribution in [0.4, 0.5) is 0 Å². The average Bonchev–Trinajstić information content (AvgIpc) is 1.84. The highest BCUT2D eigenvalue weighted by molar-refractivity contribution is 4.99. The van der Waals surface area contributed by atoms with Crippen LogP contribution in [-0.2, 0) is 0 Å². The second-order valence-electron chi connectivity index (χ2n) is 3.82. The molecule has 0 aromatic rings. The fourth-order valence-electron chi connectivity index (χ4n) is 1.66. The molecule has 1 aliphatic carbocycles. The topological polar surface area (TPSA) is 0 Å². The lowest BCUT2D eigenvalue weighted by Crippen LogP contribution is -2.27. The molecule has 0 saturated heterocycles. The van der Waals surface area contributed by atoms with Crippen molar-refractivity contribution in [3.8, 4) is 0 Å². The molecular formula is C10H18. The first-order valence-corrected chi connectivity index (χ1v) is 4.31. The first-order valence-electron chi connectivity index (χ1n) is 4.31. The van der Waals surface area contributed by atoms with E-state index in [0.717, 1.165) is 23.7 Å². The van der Waals surface area contributed by atoms with Crippen LogP contribution in [0.2, 0.25) is 0 Å². The largest absolute Gasteiger partial charge is 0.0620 e. The van der Waals surface area contributed by atoms with Gasteiger partial charge in [0, 0.05) is 0 Å². The van der Waals surface area contributed by atoms with E-state index >= 15 is 0 Å². The van der Waals surface area contributed by atoms with E-state index in [4.69, 9.17) is 0 Å². The maximum atomic E-state index is 2.48. The van der Waals surface area contributed by atoms with Crippen LogP contribution < -0.4 is 0 Å². The summed E-state index contributed by atoms with van der Waals surface area (Å²) in [5.41, 5.74) is 0. The van der Waals surface area contributed by atoms with Crippen LogP contribution in [0.1, 0.15) is 27.7 Å². The van der Waals surface area contributed by atoms with Crippen molar-refractivity contribution in [2.24, 2.45) is 23.7 Å². The van der Waals surface area contributed by atoms with Crippen LogP contribution in [0.25, 0.3) is 0 Å². The minimum Gasteiger partial charge on any atom is -0.0620 e. The van der Waals surface area contributed by atoms with Crippen LogP contribution in [-0.4, -0.2) is 0 Å². The van der Waals surface area contributed by atoms with Crippen LogP contribution in [0.5, 0.6) is 0 Å².